The quantitative estimate of drug-likeness (QED) is 0.897. The molecule has 2 aromatic rings. The summed E-state index contributed by atoms with van der Waals surface area (Å²) in [6, 6.07) is 7.56. The van der Waals surface area contributed by atoms with E-state index in [0.717, 1.165) is 9.54 Å². The number of aromatic nitrogens is 1. The second-order valence-corrected chi connectivity index (χ2v) is 7.92. The number of rotatable bonds is 2. The average Bonchev–Trinajstić information content (AvgIpc) is 2.90. The maximum absolute atomic E-state index is 13.1. The smallest absolute Gasteiger partial charge is 0.380 e. The summed E-state index contributed by atoms with van der Waals surface area (Å²) in [6.45, 7) is 1.80. The first-order chi connectivity index (χ1) is 11.0. The minimum Gasteiger partial charge on any atom is -0.380 e. The maximum atomic E-state index is 13.1. The van der Waals surface area contributed by atoms with Crippen LogP contribution in [0.5, 0.6) is 0 Å². The molecule has 130 valence electrons. The minimum absolute atomic E-state index is 0.00683. The van der Waals surface area contributed by atoms with Crippen LogP contribution in [0.25, 0.3) is 0 Å². The summed E-state index contributed by atoms with van der Waals surface area (Å²) >= 11 is 0. The van der Waals surface area contributed by atoms with Gasteiger partial charge in [-0.25, -0.2) is 12.4 Å². The van der Waals surface area contributed by atoms with E-state index < -0.39 is 34.6 Å². The Morgan fingerprint density at radius 2 is 1.79 bits per heavy atom. The van der Waals surface area contributed by atoms with Gasteiger partial charge in [0.1, 0.15) is 0 Å². The van der Waals surface area contributed by atoms with Crippen molar-refractivity contribution in [2.45, 2.75) is 42.9 Å². The van der Waals surface area contributed by atoms with Crippen molar-refractivity contribution in [3.05, 3.63) is 53.3 Å². The molecule has 3 rings (SSSR count). The van der Waals surface area contributed by atoms with E-state index in [9.17, 15) is 26.7 Å². The number of nitrogens with zero attached hydrogens (tertiary/aromatic N) is 1. The van der Waals surface area contributed by atoms with E-state index in [1.54, 1.807) is 19.1 Å². The van der Waals surface area contributed by atoms with E-state index in [4.69, 9.17) is 0 Å². The molecule has 0 saturated heterocycles. The van der Waals surface area contributed by atoms with Gasteiger partial charge in [0, 0.05) is 18.3 Å². The molecule has 0 bridgehead atoms. The zero-order valence-corrected chi connectivity index (χ0v) is 13.7. The van der Waals surface area contributed by atoms with Crippen molar-refractivity contribution in [2.24, 2.45) is 0 Å². The fourth-order valence-electron chi connectivity index (χ4n) is 2.90. The summed E-state index contributed by atoms with van der Waals surface area (Å²) in [6.07, 6.45) is -4.83. The van der Waals surface area contributed by atoms with Gasteiger partial charge in [-0.15, -0.1) is 0 Å². The lowest BCUT2D eigenvalue weighted by Crippen LogP contribution is -2.49. The Morgan fingerprint density at radius 1 is 1.17 bits per heavy atom. The zero-order chi connectivity index (χ0) is 17.8. The van der Waals surface area contributed by atoms with Crippen LogP contribution in [0.2, 0.25) is 0 Å². The highest BCUT2D eigenvalue weighted by Crippen LogP contribution is 2.41. The Morgan fingerprint density at radius 3 is 2.38 bits per heavy atom. The van der Waals surface area contributed by atoms with E-state index in [-0.39, 0.29) is 17.0 Å². The Hall–Kier alpha value is -1.80. The molecule has 24 heavy (non-hydrogen) atoms. The molecule has 0 spiro atoms. The molecule has 1 aliphatic carbocycles. The highest BCUT2D eigenvalue weighted by atomic mass is 32.2. The number of benzene rings is 1. The number of aryl methyl sites for hydroxylation is 2. The molecule has 1 N–H and O–H groups in total. The SMILES string of the molecule is Cc1ccc(S(=O)(=O)n2ccc3c2CC(O)(C(F)(F)F)CC3)cc1. The van der Waals surface area contributed by atoms with Crippen LogP contribution < -0.4 is 0 Å². The monoisotopic (exact) mass is 359 g/mol. The van der Waals surface area contributed by atoms with Crippen molar-refractivity contribution >= 4 is 10.0 Å². The first-order valence-corrected chi connectivity index (χ1v) is 8.79. The number of halogens is 3. The number of hydrogen-bond donors (Lipinski definition) is 1. The molecule has 0 radical (unpaired) electrons. The zero-order valence-electron chi connectivity index (χ0n) is 12.8. The van der Waals surface area contributed by atoms with Crippen LogP contribution in [-0.2, 0) is 22.9 Å². The minimum atomic E-state index is -4.81. The summed E-state index contributed by atoms with van der Waals surface area (Å²) in [5, 5.41) is 9.94. The van der Waals surface area contributed by atoms with Crippen molar-refractivity contribution in [1.29, 1.82) is 0 Å². The third-order valence-corrected chi connectivity index (χ3v) is 6.15. The van der Waals surface area contributed by atoms with E-state index in [0.29, 0.717) is 5.56 Å². The van der Waals surface area contributed by atoms with Gasteiger partial charge in [0.2, 0.25) is 0 Å². The van der Waals surface area contributed by atoms with Crippen LogP contribution in [0.1, 0.15) is 23.2 Å². The van der Waals surface area contributed by atoms with Gasteiger partial charge < -0.3 is 5.11 Å². The lowest BCUT2D eigenvalue weighted by Gasteiger charge is -2.34. The molecular formula is C16H16F3NO3S. The van der Waals surface area contributed by atoms with Crippen molar-refractivity contribution < 1.29 is 26.7 Å². The van der Waals surface area contributed by atoms with Gasteiger partial charge in [0.05, 0.1) is 4.90 Å². The molecule has 1 unspecified atom stereocenters. The second-order valence-electron chi connectivity index (χ2n) is 6.11. The molecule has 0 aliphatic heterocycles. The number of aliphatic hydroxyl groups is 1. The first kappa shape index (κ1) is 17.0. The number of fused-ring (bicyclic) bond motifs is 1. The molecular weight excluding hydrogens is 343 g/mol. The Labute approximate surface area is 137 Å². The van der Waals surface area contributed by atoms with Gasteiger partial charge in [-0.2, -0.15) is 13.2 Å². The predicted molar refractivity (Wildman–Crippen MR) is 81.2 cm³/mol. The maximum Gasteiger partial charge on any atom is 0.417 e. The normalized spacial score (nSPS) is 21.5. The Kier molecular flexibility index (Phi) is 3.80. The van der Waals surface area contributed by atoms with Crippen LogP contribution in [0, 0.1) is 6.92 Å². The second kappa shape index (κ2) is 5.35. The van der Waals surface area contributed by atoms with Crippen LogP contribution in [-0.4, -0.2) is 29.3 Å². The number of hydrogen-bond acceptors (Lipinski definition) is 3. The van der Waals surface area contributed by atoms with E-state index in [1.807, 2.05) is 0 Å². The van der Waals surface area contributed by atoms with E-state index >= 15 is 0 Å². The van der Waals surface area contributed by atoms with Crippen molar-refractivity contribution in [3.8, 4) is 0 Å². The van der Waals surface area contributed by atoms with Crippen LogP contribution in [0.15, 0.2) is 41.4 Å². The Bertz CT molecular complexity index is 869. The molecule has 1 aromatic carbocycles. The highest BCUT2D eigenvalue weighted by Gasteiger charge is 2.55. The fraction of sp³-hybridized carbons (Fsp3) is 0.375. The van der Waals surface area contributed by atoms with E-state index in [1.165, 1.54) is 24.4 Å². The summed E-state index contributed by atoms with van der Waals surface area (Å²) in [7, 11) is -4.01. The molecule has 8 heteroatoms. The molecule has 1 atom stereocenters. The summed E-state index contributed by atoms with van der Waals surface area (Å²) in [5.74, 6) is 0. The van der Waals surface area contributed by atoms with Crippen molar-refractivity contribution in [2.75, 3.05) is 0 Å². The molecule has 0 amide bonds. The molecule has 1 aliphatic rings. The third-order valence-electron chi connectivity index (χ3n) is 4.42. The fourth-order valence-corrected chi connectivity index (χ4v) is 4.30. The third kappa shape index (κ3) is 2.63. The van der Waals surface area contributed by atoms with Crippen molar-refractivity contribution in [1.82, 2.24) is 3.97 Å². The standard InChI is InChI=1S/C16H16F3NO3S/c1-11-2-4-13(5-3-11)24(22,23)20-9-7-12-6-8-15(21,10-14(12)20)16(17,18)19/h2-5,7,9,21H,6,8,10H2,1H3. The summed E-state index contributed by atoms with van der Waals surface area (Å²) in [5.41, 5.74) is -1.53. The average molecular weight is 359 g/mol. The molecule has 1 heterocycles. The van der Waals surface area contributed by atoms with Gasteiger partial charge in [-0.05, 0) is 43.5 Å². The summed E-state index contributed by atoms with van der Waals surface area (Å²) in [4.78, 5) is -0.00683. The van der Waals surface area contributed by atoms with Gasteiger partial charge in [-0.1, -0.05) is 17.7 Å². The van der Waals surface area contributed by atoms with Gasteiger partial charge in [0.25, 0.3) is 10.0 Å². The topological polar surface area (TPSA) is 59.3 Å². The molecule has 0 fully saturated rings. The van der Waals surface area contributed by atoms with Crippen LogP contribution >= 0.6 is 0 Å². The largest absolute Gasteiger partial charge is 0.417 e. The van der Waals surface area contributed by atoms with Gasteiger partial charge >= 0.3 is 6.18 Å². The Balaban J connectivity index is 2.07. The lowest BCUT2D eigenvalue weighted by molar-refractivity contribution is -0.263. The molecule has 0 saturated carbocycles. The highest BCUT2D eigenvalue weighted by molar-refractivity contribution is 7.90. The summed E-state index contributed by atoms with van der Waals surface area (Å²) < 4.78 is 65.7. The van der Waals surface area contributed by atoms with Crippen LogP contribution in [0.3, 0.4) is 0 Å². The molecule has 1 aromatic heterocycles. The van der Waals surface area contributed by atoms with Crippen molar-refractivity contribution in [3.63, 3.8) is 0 Å². The predicted octanol–water partition coefficient (Wildman–Crippen LogP) is 2.82. The lowest BCUT2D eigenvalue weighted by atomic mass is 9.83. The first-order valence-electron chi connectivity index (χ1n) is 7.35. The molecule has 4 nitrogen and oxygen atoms in total. The van der Waals surface area contributed by atoms with Crippen LogP contribution in [0.4, 0.5) is 13.2 Å². The number of alkyl halides is 3. The van der Waals surface area contributed by atoms with E-state index in [2.05, 4.69) is 0 Å². The van der Waals surface area contributed by atoms with Gasteiger partial charge in [-0.3, -0.25) is 0 Å². The van der Waals surface area contributed by atoms with Gasteiger partial charge in [0.15, 0.2) is 5.60 Å².